The molecule has 1 fully saturated rings. The maximum atomic E-state index is 12.1. The van der Waals surface area contributed by atoms with Crippen LogP contribution < -0.4 is 10.1 Å². The number of benzene rings is 1. The summed E-state index contributed by atoms with van der Waals surface area (Å²) in [5, 5.41) is 11.7. The molecule has 1 aliphatic heterocycles. The second-order valence-corrected chi connectivity index (χ2v) is 5.56. The first-order chi connectivity index (χ1) is 10.5. The van der Waals surface area contributed by atoms with Gasteiger partial charge in [-0.1, -0.05) is 6.92 Å². The standard InChI is InChI=1S/C16H22N2O4/c1-3-11(2)22-14-6-4-13(5-7-14)17-16(21)18-9-8-12(10-18)15(19)20/h4-7,11-12H,3,8-10H2,1-2H3,(H,17,21)(H,19,20). The lowest BCUT2D eigenvalue weighted by Gasteiger charge is -2.17. The van der Waals surface area contributed by atoms with E-state index in [0.29, 0.717) is 18.7 Å². The van der Waals surface area contributed by atoms with Crippen LogP contribution in [0.15, 0.2) is 24.3 Å². The van der Waals surface area contributed by atoms with Crippen LogP contribution in [-0.4, -0.2) is 41.2 Å². The van der Waals surface area contributed by atoms with Crippen molar-refractivity contribution in [2.45, 2.75) is 32.8 Å². The van der Waals surface area contributed by atoms with E-state index in [9.17, 15) is 9.59 Å². The van der Waals surface area contributed by atoms with Crippen molar-refractivity contribution in [1.82, 2.24) is 4.90 Å². The van der Waals surface area contributed by atoms with Gasteiger partial charge in [0.1, 0.15) is 5.75 Å². The Morgan fingerprint density at radius 3 is 2.64 bits per heavy atom. The molecule has 120 valence electrons. The number of carboxylic acids is 1. The number of aliphatic carboxylic acids is 1. The Morgan fingerprint density at radius 2 is 2.09 bits per heavy atom. The molecule has 2 rings (SSSR count). The number of anilines is 1. The van der Waals surface area contributed by atoms with Crippen molar-refractivity contribution >= 4 is 17.7 Å². The summed E-state index contributed by atoms with van der Waals surface area (Å²) in [5.74, 6) is -0.543. The van der Waals surface area contributed by atoms with Gasteiger partial charge in [-0.3, -0.25) is 4.79 Å². The zero-order valence-electron chi connectivity index (χ0n) is 12.9. The highest BCUT2D eigenvalue weighted by Gasteiger charge is 2.30. The van der Waals surface area contributed by atoms with Crippen LogP contribution in [-0.2, 0) is 4.79 Å². The summed E-state index contributed by atoms with van der Waals surface area (Å²) < 4.78 is 5.68. The minimum absolute atomic E-state index is 0.151. The fourth-order valence-corrected chi connectivity index (χ4v) is 2.28. The molecule has 2 N–H and O–H groups in total. The highest BCUT2D eigenvalue weighted by atomic mass is 16.5. The summed E-state index contributed by atoms with van der Waals surface area (Å²) >= 11 is 0. The number of rotatable bonds is 5. The second kappa shape index (κ2) is 7.15. The lowest BCUT2D eigenvalue weighted by atomic mass is 10.1. The van der Waals surface area contributed by atoms with Gasteiger partial charge in [0.25, 0.3) is 0 Å². The van der Waals surface area contributed by atoms with Gasteiger partial charge in [0, 0.05) is 18.8 Å². The van der Waals surface area contributed by atoms with Gasteiger partial charge in [-0.05, 0) is 44.0 Å². The Kier molecular flexibility index (Phi) is 5.25. The highest BCUT2D eigenvalue weighted by molar-refractivity contribution is 5.90. The van der Waals surface area contributed by atoms with E-state index in [2.05, 4.69) is 12.2 Å². The van der Waals surface area contributed by atoms with Crippen molar-refractivity contribution in [2.75, 3.05) is 18.4 Å². The first-order valence-electron chi connectivity index (χ1n) is 7.55. The number of carboxylic acid groups (broad SMARTS) is 1. The van der Waals surface area contributed by atoms with Crippen molar-refractivity contribution in [1.29, 1.82) is 0 Å². The molecule has 0 saturated carbocycles. The van der Waals surface area contributed by atoms with Crippen LogP contribution in [0.25, 0.3) is 0 Å². The summed E-state index contributed by atoms with van der Waals surface area (Å²) in [7, 11) is 0. The van der Waals surface area contributed by atoms with E-state index >= 15 is 0 Å². The minimum Gasteiger partial charge on any atom is -0.491 e. The topological polar surface area (TPSA) is 78.9 Å². The fraction of sp³-hybridized carbons (Fsp3) is 0.500. The second-order valence-electron chi connectivity index (χ2n) is 5.56. The van der Waals surface area contributed by atoms with Crippen LogP contribution in [0.3, 0.4) is 0 Å². The number of amides is 2. The number of carbonyl (C=O) groups excluding carboxylic acids is 1. The van der Waals surface area contributed by atoms with Crippen molar-refractivity contribution in [2.24, 2.45) is 5.92 Å². The normalized spacial score (nSPS) is 18.8. The molecule has 1 aliphatic rings. The first kappa shape index (κ1) is 16.1. The zero-order chi connectivity index (χ0) is 16.1. The van der Waals surface area contributed by atoms with E-state index in [0.717, 1.165) is 12.2 Å². The van der Waals surface area contributed by atoms with Gasteiger partial charge in [0.2, 0.25) is 0 Å². The summed E-state index contributed by atoms with van der Waals surface area (Å²) in [6.45, 7) is 4.79. The lowest BCUT2D eigenvalue weighted by Crippen LogP contribution is -2.33. The summed E-state index contributed by atoms with van der Waals surface area (Å²) in [5.41, 5.74) is 0.667. The third-order valence-electron chi connectivity index (χ3n) is 3.84. The van der Waals surface area contributed by atoms with E-state index in [1.54, 1.807) is 12.1 Å². The molecule has 6 heteroatoms. The van der Waals surface area contributed by atoms with Crippen LogP contribution in [0, 0.1) is 5.92 Å². The molecule has 2 unspecified atom stereocenters. The summed E-state index contributed by atoms with van der Waals surface area (Å²) in [4.78, 5) is 24.5. The predicted molar refractivity (Wildman–Crippen MR) is 83.2 cm³/mol. The third-order valence-corrected chi connectivity index (χ3v) is 3.84. The van der Waals surface area contributed by atoms with Crippen LogP contribution >= 0.6 is 0 Å². The summed E-state index contributed by atoms with van der Waals surface area (Å²) in [6.07, 6.45) is 1.58. The molecular formula is C16H22N2O4. The Bertz CT molecular complexity index is 529. The third kappa shape index (κ3) is 4.13. The number of likely N-dealkylation sites (tertiary alicyclic amines) is 1. The Labute approximate surface area is 130 Å². The fourth-order valence-electron chi connectivity index (χ4n) is 2.28. The van der Waals surface area contributed by atoms with E-state index in [-0.39, 0.29) is 18.7 Å². The largest absolute Gasteiger partial charge is 0.491 e. The van der Waals surface area contributed by atoms with Crippen molar-refractivity contribution in [3.05, 3.63) is 24.3 Å². The van der Waals surface area contributed by atoms with Crippen molar-refractivity contribution in [3.63, 3.8) is 0 Å². The number of hydrogen-bond donors (Lipinski definition) is 2. The number of ether oxygens (including phenoxy) is 1. The Balaban J connectivity index is 1.88. The van der Waals surface area contributed by atoms with Gasteiger partial charge in [0.15, 0.2) is 0 Å². The molecule has 0 aliphatic carbocycles. The van der Waals surface area contributed by atoms with Crippen molar-refractivity contribution in [3.8, 4) is 5.75 Å². The zero-order valence-corrected chi connectivity index (χ0v) is 12.9. The quantitative estimate of drug-likeness (QED) is 0.876. The predicted octanol–water partition coefficient (Wildman–Crippen LogP) is 2.80. The molecule has 6 nitrogen and oxygen atoms in total. The van der Waals surface area contributed by atoms with Crippen LogP contribution in [0.1, 0.15) is 26.7 Å². The molecule has 1 saturated heterocycles. The number of urea groups is 1. The van der Waals surface area contributed by atoms with E-state index in [4.69, 9.17) is 9.84 Å². The summed E-state index contributed by atoms with van der Waals surface area (Å²) in [6, 6.07) is 6.91. The first-order valence-corrected chi connectivity index (χ1v) is 7.55. The smallest absolute Gasteiger partial charge is 0.321 e. The molecule has 0 aromatic heterocycles. The molecule has 0 spiro atoms. The number of hydrogen-bond acceptors (Lipinski definition) is 3. The van der Waals surface area contributed by atoms with Crippen LogP contribution in [0.2, 0.25) is 0 Å². The SMILES string of the molecule is CCC(C)Oc1ccc(NC(=O)N2CCC(C(=O)O)C2)cc1. The van der Waals surface area contributed by atoms with Gasteiger partial charge < -0.3 is 20.1 Å². The Hall–Kier alpha value is -2.24. The molecule has 2 atom stereocenters. The van der Waals surface area contributed by atoms with Crippen LogP contribution in [0.4, 0.5) is 10.5 Å². The number of carbonyl (C=O) groups is 2. The number of nitrogens with zero attached hydrogens (tertiary/aromatic N) is 1. The molecule has 0 bridgehead atoms. The van der Waals surface area contributed by atoms with Crippen LogP contribution in [0.5, 0.6) is 5.75 Å². The molecular weight excluding hydrogens is 284 g/mol. The average molecular weight is 306 g/mol. The van der Waals surface area contributed by atoms with Gasteiger partial charge in [-0.15, -0.1) is 0 Å². The lowest BCUT2D eigenvalue weighted by molar-refractivity contribution is -0.141. The molecule has 2 amide bonds. The van der Waals surface area contributed by atoms with E-state index in [1.165, 1.54) is 4.90 Å². The van der Waals surface area contributed by atoms with Gasteiger partial charge >= 0.3 is 12.0 Å². The van der Waals surface area contributed by atoms with E-state index in [1.807, 2.05) is 19.1 Å². The maximum Gasteiger partial charge on any atom is 0.321 e. The average Bonchev–Trinajstić information content (AvgIpc) is 2.99. The van der Waals surface area contributed by atoms with Crippen molar-refractivity contribution < 1.29 is 19.4 Å². The molecule has 1 heterocycles. The highest BCUT2D eigenvalue weighted by Crippen LogP contribution is 2.20. The van der Waals surface area contributed by atoms with Gasteiger partial charge in [-0.2, -0.15) is 0 Å². The molecule has 0 radical (unpaired) electrons. The Morgan fingerprint density at radius 1 is 1.41 bits per heavy atom. The molecule has 1 aromatic carbocycles. The molecule has 22 heavy (non-hydrogen) atoms. The number of nitrogens with one attached hydrogen (secondary N) is 1. The molecule has 1 aromatic rings. The van der Waals surface area contributed by atoms with E-state index < -0.39 is 11.9 Å². The van der Waals surface area contributed by atoms with Gasteiger partial charge in [0.05, 0.1) is 12.0 Å². The monoisotopic (exact) mass is 306 g/mol. The maximum absolute atomic E-state index is 12.1. The van der Waals surface area contributed by atoms with Gasteiger partial charge in [-0.25, -0.2) is 4.79 Å². The minimum atomic E-state index is -0.846.